The minimum atomic E-state index is -0.106. The fourth-order valence-electron chi connectivity index (χ4n) is 5.19. The highest BCUT2D eigenvalue weighted by molar-refractivity contribution is 6.30. The molecule has 4 rings (SSSR count). The molecular formula is C28H36ClN3O2. The van der Waals surface area contributed by atoms with E-state index in [1.807, 2.05) is 36.4 Å². The summed E-state index contributed by atoms with van der Waals surface area (Å²) in [6.07, 6.45) is 8.73. The van der Waals surface area contributed by atoms with Gasteiger partial charge in [-0.05, 0) is 67.6 Å². The molecule has 2 aromatic rings. The molecule has 0 spiro atoms. The number of likely N-dealkylation sites (tertiary alicyclic amines) is 1. The highest BCUT2D eigenvalue weighted by Crippen LogP contribution is 2.26. The highest BCUT2D eigenvalue weighted by atomic mass is 35.5. The molecule has 1 saturated heterocycles. The monoisotopic (exact) mass is 481 g/mol. The number of nitrogens with one attached hydrogen (secondary N) is 1. The van der Waals surface area contributed by atoms with Crippen molar-refractivity contribution in [3.05, 3.63) is 69.7 Å². The molecule has 1 atom stereocenters. The van der Waals surface area contributed by atoms with Crippen LogP contribution in [0.3, 0.4) is 0 Å². The molecule has 1 N–H and O–H groups in total. The summed E-state index contributed by atoms with van der Waals surface area (Å²) in [7, 11) is 0. The van der Waals surface area contributed by atoms with Crippen molar-refractivity contribution >= 4 is 23.4 Å². The third kappa shape index (κ3) is 6.19. The van der Waals surface area contributed by atoms with Crippen LogP contribution in [0.2, 0.25) is 5.02 Å². The summed E-state index contributed by atoms with van der Waals surface area (Å²) in [6, 6.07) is 13.8. The van der Waals surface area contributed by atoms with Crippen molar-refractivity contribution in [1.29, 1.82) is 0 Å². The van der Waals surface area contributed by atoms with Crippen molar-refractivity contribution in [1.82, 2.24) is 15.1 Å². The van der Waals surface area contributed by atoms with Gasteiger partial charge < -0.3 is 15.1 Å². The predicted molar refractivity (Wildman–Crippen MR) is 137 cm³/mol. The number of unbranched alkanes of at least 4 members (excludes halogenated alkanes) is 1. The molecule has 0 aliphatic carbocycles. The van der Waals surface area contributed by atoms with Crippen molar-refractivity contribution in [3.8, 4) is 0 Å². The summed E-state index contributed by atoms with van der Waals surface area (Å²) < 4.78 is 0. The summed E-state index contributed by atoms with van der Waals surface area (Å²) in [5.41, 5.74) is 3.14. The molecule has 2 aliphatic heterocycles. The number of carbonyl (C=O) groups excluding carboxylic acids is 2. The molecule has 2 aromatic carbocycles. The Bertz CT molecular complexity index is 1010. The summed E-state index contributed by atoms with van der Waals surface area (Å²) in [4.78, 5) is 30.1. The maximum atomic E-state index is 13.0. The number of carbonyl (C=O) groups is 2. The molecule has 2 heterocycles. The topological polar surface area (TPSA) is 52.7 Å². The van der Waals surface area contributed by atoms with Gasteiger partial charge in [0.1, 0.15) is 0 Å². The predicted octanol–water partition coefficient (Wildman–Crippen LogP) is 5.66. The van der Waals surface area contributed by atoms with Crippen LogP contribution in [0.1, 0.15) is 83.7 Å². The Kier molecular flexibility index (Phi) is 8.63. The van der Waals surface area contributed by atoms with Crippen LogP contribution < -0.4 is 5.32 Å². The Morgan fingerprint density at radius 1 is 1.15 bits per heavy atom. The lowest BCUT2D eigenvalue weighted by Gasteiger charge is -2.36. The van der Waals surface area contributed by atoms with Gasteiger partial charge in [0.25, 0.3) is 11.8 Å². The highest BCUT2D eigenvalue weighted by Gasteiger charge is 2.28. The normalized spacial score (nSPS) is 18.2. The van der Waals surface area contributed by atoms with E-state index in [9.17, 15) is 9.59 Å². The molecule has 34 heavy (non-hydrogen) atoms. The molecule has 0 radical (unpaired) electrons. The number of fused-ring (bicyclic) bond motifs is 1. The van der Waals surface area contributed by atoms with Gasteiger partial charge in [0.05, 0.1) is 0 Å². The molecular weight excluding hydrogens is 446 g/mol. The number of nitrogens with zero attached hydrogens (tertiary/aromatic N) is 2. The van der Waals surface area contributed by atoms with E-state index in [-0.39, 0.29) is 11.8 Å². The molecule has 2 aliphatic rings. The van der Waals surface area contributed by atoms with Crippen LogP contribution in [-0.4, -0.2) is 47.3 Å². The van der Waals surface area contributed by atoms with E-state index in [0.717, 1.165) is 24.1 Å². The third-order valence-electron chi connectivity index (χ3n) is 7.06. The zero-order chi connectivity index (χ0) is 23.9. The van der Waals surface area contributed by atoms with Crippen LogP contribution in [0.15, 0.2) is 42.5 Å². The summed E-state index contributed by atoms with van der Waals surface area (Å²) in [6.45, 7) is 6.19. The van der Waals surface area contributed by atoms with Crippen LogP contribution in [0.5, 0.6) is 0 Å². The SMILES string of the molecule is CCCCC1CCCCN1CCCNC(=O)c1ccc2c(c1)C(=O)N(Cc1cccc(Cl)c1)C2. The van der Waals surface area contributed by atoms with E-state index in [1.165, 1.54) is 45.1 Å². The number of halogens is 1. The van der Waals surface area contributed by atoms with Crippen LogP contribution in [0.25, 0.3) is 0 Å². The fraction of sp³-hybridized carbons (Fsp3) is 0.500. The lowest BCUT2D eigenvalue weighted by atomic mass is 9.97. The van der Waals surface area contributed by atoms with Gasteiger partial charge in [0.2, 0.25) is 0 Å². The van der Waals surface area contributed by atoms with Gasteiger partial charge in [-0.2, -0.15) is 0 Å². The average Bonchev–Trinajstić information content (AvgIpc) is 3.15. The van der Waals surface area contributed by atoms with Gasteiger partial charge in [-0.25, -0.2) is 0 Å². The molecule has 5 nitrogen and oxygen atoms in total. The quantitative estimate of drug-likeness (QED) is 0.445. The lowest BCUT2D eigenvalue weighted by Crippen LogP contribution is -2.41. The second-order valence-corrected chi connectivity index (χ2v) is 10.0. The van der Waals surface area contributed by atoms with Gasteiger partial charge >= 0.3 is 0 Å². The number of hydrogen-bond acceptors (Lipinski definition) is 3. The fourth-order valence-corrected chi connectivity index (χ4v) is 5.41. The Labute approximate surface area is 208 Å². The van der Waals surface area contributed by atoms with Crippen molar-refractivity contribution < 1.29 is 9.59 Å². The smallest absolute Gasteiger partial charge is 0.254 e. The van der Waals surface area contributed by atoms with E-state index in [2.05, 4.69) is 17.1 Å². The standard InChI is InChI=1S/C28H36ClN3O2/c1-2-3-10-25-11-4-5-15-31(25)16-7-14-30-27(33)22-12-13-23-20-32(28(34)26(23)18-22)19-21-8-6-9-24(29)17-21/h6,8-9,12-13,17-18,25H,2-5,7,10-11,14-16,19-20H2,1H3,(H,30,33). The second-order valence-electron chi connectivity index (χ2n) is 9.60. The molecule has 1 unspecified atom stereocenters. The maximum Gasteiger partial charge on any atom is 0.254 e. The number of hydrogen-bond donors (Lipinski definition) is 1. The molecule has 0 saturated carbocycles. The molecule has 1 fully saturated rings. The Hall–Kier alpha value is -2.37. The van der Waals surface area contributed by atoms with E-state index >= 15 is 0 Å². The van der Waals surface area contributed by atoms with E-state index in [1.54, 1.807) is 11.0 Å². The van der Waals surface area contributed by atoms with Gasteiger partial charge in [0, 0.05) is 48.4 Å². The van der Waals surface area contributed by atoms with E-state index in [4.69, 9.17) is 11.6 Å². The minimum Gasteiger partial charge on any atom is -0.352 e. The van der Waals surface area contributed by atoms with E-state index in [0.29, 0.717) is 41.8 Å². The van der Waals surface area contributed by atoms with Crippen LogP contribution in [0.4, 0.5) is 0 Å². The molecule has 6 heteroatoms. The molecule has 182 valence electrons. The zero-order valence-corrected chi connectivity index (χ0v) is 20.9. The number of amides is 2. The van der Waals surface area contributed by atoms with Crippen LogP contribution >= 0.6 is 11.6 Å². The molecule has 0 aromatic heterocycles. The number of rotatable bonds is 10. The first-order valence-electron chi connectivity index (χ1n) is 12.7. The first kappa shape index (κ1) is 24.7. The van der Waals surface area contributed by atoms with Gasteiger partial charge in [-0.3, -0.25) is 9.59 Å². The number of benzene rings is 2. The molecule has 2 amide bonds. The lowest BCUT2D eigenvalue weighted by molar-refractivity contribution is 0.0766. The first-order chi connectivity index (χ1) is 16.5. The Morgan fingerprint density at radius 2 is 2.03 bits per heavy atom. The van der Waals surface area contributed by atoms with Gasteiger partial charge in [-0.15, -0.1) is 0 Å². The summed E-state index contributed by atoms with van der Waals surface area (Å²) in [5, 5.41) is 3.72. The Morgan fingerprint density at radius 3 is 2.85 bits per heavy atom. The summed E-state index contributed by atoms with van der Waals surface area (Å²) in [5.74, 6) is -0.141. The van der Waals surface area contributed by atoms with Gasteiger partial charge in [-0.1, -0.05) is 56.0 Å². The largest absolute Gasteiger partial charge is 0.352 e. The molecule has 0 bridgehead atoms. The van der Waals surface area contributed by atoms with E-state index < -0.39 is 0 Å². The van der Waals surface area contributed by atoms with Crippen molar-refractivity contribution in [2.45, 2.75) is 71.0 Å². The second kappa shape index (κ2) is 11.9. The van der Waals surface area contributed by atoms with Crippen LogP contribution in [-0.2, 0) is 13.1 Å². The third-order valence-corrected chi connectivity index (χ3v) is 7.30. The van der Waals surface area contributed by atoms with Crippen LogP contribution in [0, 0.1) is 0 Å². The zero-order valence-electron chi connectivity index (χ0n) is 20.2. The first-order valence-corrected chi connectivity index (χ1v) is 13.1. The van der Waals surface area contributed by atoms with Crippen molar-refractivity contribution in [2.24, 2.45) is 0 Å². The minimum absolute atomic E-state index is 0.0344. The van der Waals surface area contributed by atoms with Crippen molar-refractivity contribution in [2.75, 3.05) is 19.6 Å². The Balaban J connectivity index is 1.27. The number of piperidine rings is 1. The maximum absolute atomic E-state index is 13.0. The summed E-state index contributed by atoms with van der Waals surface area (Å²) >= 11 is 6.08. The average molecular weight is 482 g/mol. The van der Waals surface area contributed by atoms with Gasteiger partial charge in [0.15, 0.2) is 0 Å². The van der Waals surface area contributed by atoms with Crippen molar-refractivity contribution in [3.63, 3.8) is 0 Å².